The van der Waals surface area contributed by atoms with Gasteiger partial charge in [-0.1, -0.05) is 24.0 Å². The van der Waals surface area contributed by atoms with Gasteiger partial charge in [-0.3, -0.25) is 14.4 Å². The molecule has 1 N–H and O–H groups in total. The van der Waals surface area contributed by atoms with Gasteiger partial charge in [-0.05, 0) is 67.6 Å². The third-order valence-electron chi connectivity index (χ3n) is 4.56. The third-order valence-corrected chi connectivity index (χ3v) is 4.56. The van der Waals surface area contributed by atoms with Gasteiger partial charge < -0.3 is 15.0 Å². The number of fused-ring (bicyclic) bond motifs is 1. The molecule has 31 heavy (non-hydrogen) atoms. The van der Waals surface area contributed by atoms with Crippen molar-refractivity contribution in [3.8, 4) is 11.8 Å². The summed E-state index contributed by atoms with van der Waals surface area (Å²) in [5, 5.41) is 4.32. The molecular weight excluding hydrogens is 392 g/mol. The highest BCUT2D eigenvalue weighted by Crippen LogP contribution is 2.22. The van der Waals surface area contributed by atoms with E-state index in [-0.39, 0.29) is 25.6 Å². The van der Waals surface area contributed by atoms with E-state index in [9.17, 15) is 14.4 Å². The predicted octanol–water partition coefficient (Wildman–Crippen LogP) is 2.35. The van der Waals surface area contributed by atoms with Gasteiger partial charge in [-0.25, -0.2) is 0 Å². The predicted molar refractivity (Wildman–Crippen MR) is 118 cm³/mol. The lowest BCUT2D eigenvalue weighted by Gasteiger charge is -2.17. The molecule has 157 valence electrons. The highest BCUT2D eigenvalue weighted by Gasteiger charge is 2.16. The van der Waals surface area contributed by atoms with Gasteiger partial charge in [0.25, 0.3) is 5.91 Å². The molecule has 3 rings (SSSR count). The number of hydrogen-bond donors (Lipinski definition) is 1. The number of carbonyl (C=O) groups excluding carboxylic acids is 3. The van der Waals surface area contributed by atoms with Crippen LogP contribution in [0.5, 0.6) is 0 Å². The Balaban J connectivity index is 1.62. The second kappa shape index (κ2) is 10.6. The summed E-state index contributed by atoms with van der Waals surface area (Å²) >= 11 is 0. The number of nitrogens with one attached hydrogen (secondary N) is 1. The van der Waals surface area contributed by atoms with Crippen LogP contribution in [0.4, 0.5) is 0 Å². The summed E-state index contributed by atoms with van der Waals surface area (Å²) in [6, 6.07) is 11.2. The van der Waals surface area contributed by atoms with Crippen LogP contribution >= 0.6 is 0 Å². The first-order chi connectivity index (χ1) is 15.0. The molecule has 2 amide bonds. The van der Waals surface area contributed by atoms with Crippen molar-refractivity contribution >= 4 is 28.6 Å². The first-order valence-electron chi connectivity index (χ1n) is 9.91. The van der Waals surface area contributed by atoms with Crippen LogP contribution in [0.2, 0.25) is 0 Å². The maximum absolute atomic E-state index is 12.7. The van der Waals surface area contributed by atoms with E-state index in [1.807, 2.05) is 49.9 Å². The Morgan fingerprint density at radius 3 is 2.45 bits per heavy atom. The monoisotopic (exact) mass is 415 g/mol. The van der Waals surface area contributed by atoms with E-state index in [1.165, 1.54) is 4.90 Å². The Bertz CT molecular complexity index is 1030. The number of nitrogens with zero attached hydrogens (tertiary/aromatic N) is 1. The quantitative estimate of drug-likeness (QED) is 0.581. The largest absolute Gasteiger partial charge is 0.465 e. The normalized spacial score (nSPS) is 13.4. The number of rotatable bonds is 6. The van der Waals surface area contributed by atoms with Gasteiger partial charge in [-0.2, -0.15) is 0 Å². The lowest BCUT2D eigenvalue weighted by atomic mass is 10.0. The molecule has 0 saturated heterocycles. The fraction of sp³-hybridized carbons (Fsp3) is 0.200. The van der Waals surface area contributed by atoms with Crippen molar-refractivity contribution in [3.05, 3.63) is 79.1 Å². The highest BCUT2D eigenvalue weighted by molar-refractivity contribution is 6.00. The summed E-state index contributed by atoms with van der Waals surface area (Å²) in [7, 11) is 1.54. The van der Waals surface area contributed by atoms with Crippen LogP contribution in [0, 0.1) is 43.4 Å². The van der Waals surface area contributed by atoms with Crippen molar-refractivity contribution in [2.45, 2.75) is 6.92 Å². The Hall–Kier alpha value is -3.33. The van der Waals surface area contributed by atoms with Crippen LogP contribution in [0.25, 0.3) is 10.8 Å². The van der Waals surface area contributed by atoms with Crippen molar-refractivity contribution in [1.29, 1.82) is 0 Å². The van der Waals surface area contributed by atoms with Crippen molar-refractivity contribution < 1.29 is 19.1 Å². The summed E-state index contributed by atoms with van der Waals surface area (Å²) in [6.45, 7) is 1.56. The lowest BCUT2D eigenvalue weighted by molar-refractivity contribution is -0.143. The van der Waals surface area contributed by atoms with Gasteiger partial charge in [0.15, 0.2) is 0 Å². The number of carbonyl (C=O) groups is 3. The molecule has 1 aliphatic rings. The molecular formula is C25H23N2O4. The number of amides is 2. The van der Waals surface area contributed by atoms with Crippen LogP contribution in [-0.4, -0.2) is 49.4 Å². The molecule has 0 bridgehead atoms. The van der Waals surface area contributed by atoms with Crippen LogP contribution < -0.4 is 5.32 Å². The Morgan fingerprint density at radius 2 is 1.71 bits per heavy atom. The summed E-state index contributed by atoms with van der Waals surface area (Å²) < 4.78 is 4.75. The SMILES string of the molecule is CCOC(=O)CNC(=O)CN(C)C(=O)c1ccc2cc(C#C[C]3[CH][CH][CH][CH]3)ccc2c1. The molecule has 1 aliphatic carbocycles. The summed E-state index contributed by atoms with van der Waals surface area (Å²) in [5.74, 6) is 5.99. The Labute approximate surface area is 182 Å². The standard InChI is InChI=1S/C25H23N2O4/c1-3-31-24(29)16-26-23(28)17-27(2)25(30)22-13-12-20-14-19(10-11-21(20)15-22)9-8-18-6-4-5-7-18/h4-7,10-15H,3,16-17H2,1-2H3,(H,26,28). The number of ether oxygens (including phenoxy) is 1. The number of hydrogen-bond acceptors (Lipinski definition) is 4. The van der Waals surface area contributed by atoms with Gasteiger partial charge in [0.1, 0.15) is 6.54 Å². The molecule has 0 aromatic heterocycles. The van der Waals surface area contributed by atoms with E-state index in [0.717, 1.165) is 22.3 Å². The van der Waals surface area contributed by atoms with Gasteiger partial charge in [-0.15, -0.1) is 0 Å². The first kappa shape index (κ1) is 22.4. The molecule has 2 aromatic rings. The molecule has 1 fully saturated rings. The van der Waals surface area contributed by atoms with E-state index in [4.69, 9.17) is 4.74 Å². The van der Waals surface area contributed by atoms with Crippen LogP contribution in [0.1, 0.15) is 22.8 Å². The molecule has 5 radical (unpaired) electrons. The number of likely N-dealkylation sites (N-methyl/N-ethyl adjacent to an activating group) is 1. The van der Waals surface area contributed by atoms with Crippen LogP contribution in [0.3, 0.4) is 0 Å². The maximum atomic E-state index is 12.7. The smallest absolute Gasteiger partial charge is 0.325 e. The molecule has 0 spiro atoms. The number of benzene rings is 2. The second-order valence-corrected chi connectivity index (χ2v) is 6.94. The zero-order valence-corrected chi connectivity index (χ0v) is 17.5. The highest BCUT2D eigenvalue weighted by atomic mass is 16.5. The topological polar surface area (TPSA) is 75.7 Å². The van der Waals surface area contributed by atoms with E-state index < -0.39 is 11.9 Å². The van der Waals surface area contributed by atoms with E-state index in [0.29, 0.717) is 5.56 Å². The van der Waals surface area contributed by atoms with Crippen molar-refractivity contribution in [3.63, 3.8) is 0 Å². The van der Waals surface area contributed by atoms with Crippen molar-refractivity contribution in [1.82, 2.24) is 10.2 Å². The maximum Gasteiger partial charge on any atom is 0.325 e. The zero-order chi connectivity index (χ0) is 22.2. The minimum absolute atomic E-state index is 0.160. The molecule has 0 aliphatic heterocycles. The average molecular weight is 415 g/mol. The molecule has 6 heteroatoms. The Kier molecular flexibility index (Phi) is 7.66. The molecule has 0 heterocycles. The Morgan fingerprint density at radius 1 is 1.00 bits per heavy atom. The third kappa shape index (κ3) is 6.32. The van der Waals surface area contributed by atoms with E-state index in [1.54, 1.807) is 26.1 Å². The van der Waals surface area contributed by atoms with Crippen molar-refractivity contribution in [2.24, 2.45) is 0 Å². The fourth-order valence-electron chi connectivity index (χ4n) is 3.00. The van der Waals surface area contributed by atoms with Crippen molar-refractivity contribution in [2.75, 3.05) is 26.7 Å². The zero-order valence-electron chi connectivity index (χ0n) is 17.5. The minimum Gasteiger partial charge on any atom is -0.465 e. The number of esters is 1. The second-order valence-electron chi connectivity index (χ2n) is 6.94. The van der Waals surface area contributed by atoms with Crippen LogP contribution in [0.15, 0.2) is 36.4 Å². The summed E-state index contributed by atoms with van der Waals surface area (Å²) in [6.07, 6.45) is 7.81. The van der Waals surface area contributed by atoms with E-state index >= 15 is 0 Å². The van der Waals surface area contributed by atoms with Gasteiger partial charge in [0.2, 0.25) is 5.91 Å². The molecule has 1 saturated carbocycles. The van der Waals surface area contributed by atoms with Gasteiger partial charge >= 0.3 is 5.97 Å². The molecule has 0 unspecified atom stereocenters. The first-order valence-corrected chi connectivity index (χ1v) is 9.91. The molecule has 0 atom stereocenters. The summed E-state index contributed by atoms with van der Waals surface area (Å²) in [4.78, 5) is 37.3. The van der Waals surface area contributed by atoms with E-state index in [2.05, 4.69) is 17.2 Å². The molecule has 6 nitrogen and oxygen atoms in total. The van der Waals surface area contributed by atoms with Crippen LogP contribution in [-0.2, 0) is 14.3 Å². The fourth-order valence-corrected chi connectivity index (χ4v) is 3.00. The average Bonchev–Trinajstić information content (AvgIpc) is 3.29. The van der Waals surface area contributed by atoms with Gasteiger partial charge in [0.05, 0.1) is 19.1 Å². The molecule has 2 aromatic carbocycles. The minimum atomic E-state index is -0.516. The van der Waals surface area contributed by atoms with Gasteiger partial charge in [0, 0.05) is 18.2 Å². The summed E-state index contributed by atoms with van der Waals surface area (Å²) in [5.41, 5.74) is 1.37. The lowest BCUT2D eigenvalue weighted by Crippen LogP contribution is -2.40.